The molecule has 2 nitrogen and oxygen atoms in total. The number of ketones is 1. The molecule has 1 aromatic rings. The second kappa shape index (κ2) is 18.6. The van der Waals surface area contributed by atoms with Crippen molar-refractivity contribution < 1.29 is 4.79 Å². The summed E-state index contributed by atoms with van der Waals surface area (Å²) in [5.41, 5.74) is 2.07. The van der Waals surface area contributed by atoms with Crippen molar-refractivity contribution in [2.24, 2.45) is 0 Å². The van der Waals surface area contributed by atoms with Crippen LogP contribution in [0.3, 0.4) is 0 Å². The molecule has 0 saturated heterocycles. The maximum absolute atomic E-state index is 10.9. The van der Waals surface area contributed by atoms with Gasteiger partial charge in [0.15, 0.2) is 5.78 Å². The fourth-order valence-corrected chi connectivity index (χ4v) is 0.955. The van der Waals surface area contributed by atoms with Gasteiger partial charge >= 0.3 is 0 Å². The Morgan fingerprint density at radius 2 is 1.14 bits per heavy atom. The van der Waals surface area contributed by atoms with Crippen molar-refractivity contribution >= 4 is 11.5 Å². The average Bonchev–Trinajstić information content (AvgIpc) is 2.50. The molecule has 1 rings (SSSR count). The molecule has 0 aromatic heterocycles. The molecule has 2 heteroatoms. The van der Waals surface area contributed by atoms with Crippen molar-refractivity contribution in [2.45, 2.75) is 74.7 Å². The van der Waals surface area contributed by atoms with Crippen LogP contribution in [-0.2, 0) is 0 Å². The summed E-state index contributed by atoms with van der Waals surface area (Å²) in [5, 5.41) is 7.33. The third kappa shape index (κ3) is 16.5. The lowest BCUT2D eigenvalue weighted by Crippen LogP contribution is -1.95. The molecule has 1 aromatic carbocycles. The quantitative estimate of drug-likeness (QED) is 0.499. The third-order valence-corrected chi connectivity index (χ3v) is 2.22. The van der Waals surface area contributed by atoms with E-state index in [1.54, 1.807) is 31.2 Å². The van der Waals surface area contributed by atoms with Crippen LogP contribution in [0.4, 0.5) is 0 Å². The first-order valence-corrected chi connectivity index (χ1v) is 8.10. The average molecular weight is 293 g/mol. The largest absolute Gasteiger partial charge is 0.305 e. The normalized spacial score (nSPS) is 8.00. The number of unbranched alkanes of at least 4 members (excludes halogenated alkanes) is 1. The molecule has 0 aliphatic rings. The second-order valence-electron chi connectivity index (χ2n) is 4.47. The third-order valence-electron chi connectivity index (χ3n) is 2.22. The topological polar surface area (TPSA) is 40.9 Å². The molecule has 0 radical (unpaired) electrons. The molecule has 0 bridgehead atoms. The highest BCUT2D eigenvalue weighted by Crippen LogP contribution is 2.05. The first kappa shape index (κ1) is 24.6. The van der Waals surface area contributed by atoms with E-state index in [-0.39, 0.29) is 5.78 Å². The van der Waals surface area contributed by atoms with Crippen molar-refractivity contribution in [1.29, 1.82) is 5.41 Å². The van der Waals surface area contributed by atoms with Crippen LogP contribution in [-0.4, -0.2) is 11.5 Å². The smallest absolute Gasteiger partial charge is 0.159 e. The summed E-state index contributed by atoms with van der Waals surface area (Å²) in [6.45, 7) is 15.9. The fourth-order valence-electron chi connectivity index (χ4n) is 0.955. The number of carbonyl (C=O) groups excluding carboxylic acids is 1. The second-order valence-corrected chi connectivity index (χ2v) is 4.47. The maximum atomic E-state index is 10.9. The van der Waals surface area contributed by atoms with Gasteiger partial charge in [-0.3, -0.25) is 4.79 Å². The SMILES string of the molecule is CC.CC(=N)c1ccc(C(C)=O)cc1.CCC.CCCC. The van der Waals surface area contributed by atoms with E-state index in [0.29, 0.717) is 11.3 Å². The van der Waals surface area contributed by atoms with Gasteiger partial charge in [-0.15, -0.1) is 0 Å². The van der Waals surface area contributed by atoms with E-state index in [4.69, 9.17) is 5.41 Å². The Kier molecular flexibility index (Phi) is 21.7. The minimum Gasteiger partial charge on any atom is -0.305 e. The standard InChI is InChI=1S/C10H11NO.C4H10.C3H8.C2H6/c1-7(11)9-3-5-10(6-4-9)8(2)12;1-3-4-2;1-3-2;1-2/h3-6,11H,1-2H3;3-4H2,1-2H3;3H2,1-2H3;1-2H3. The Morgan fingerprint density at radius 3 is 1.33 bits per heavy atom. The van der Waals surface area contributed by atoms with Gasteiger partial charge in [0, 0.05) is 11.3 Å². The van der Waals surface area contributed by atoms with E-state index in [1.165, 1.54) is 26.2 Å². The summed E-state index contributed by atoms with van der Waals surface area (Å²) in [4.78, 5) is 10.9. The summed E-state index contributed by atoms with van der Waals surface area (Å²) >= 11 is 0. The van der Waals surface area contributed by atoms with E-state index in [2.05, 4.69) is 27.7 Å². The van der Waals surface area contributed by atoms with Gasteiger partial charge in [0.05, 0.1) is 0 Å². The minimum atomic E-state index is 0.0594. The number of rotatable bonds is 3. The number of carbonyl (C=O) groups is 1. The molecule has 1 N–H and O–H groups in total. The molecular formula is C19H35NO. The van der Waals surface area contributed by atoms with Crippen molar-refractivity contribution in [2.75, 3.05) is 0 Å². The van der Waals surface area contributed by atoms with E-state index < -0.39 is 0 Å². The molecule has 0 atom stereocenters. The van der Waals surface area contributed by atoms with Crippen LogP contribution in [0.15, 0.2) is 24.3 Å². The van der Waals surface area contributed by atoms with Gasteiger partial charge in [0.1, 0.15) is 0 Å². The molecular weight excluding hydrogens is 258 g/mol. The highest BCUT2D eigenvalue weighted by atomic mass is 16.1. The fraction of sp³-hybridized carbons (Fsp3) is 0.579. The van der Waals surface area contributed by atoms with Crippen molar-refractivity contribution in [1.82, 2.24) is 0 Å². The number of benzene rings is 1. The minimum absolute atomic E-state index is 0.0594. The Labute approximate surface area is 132 Å². The van der Waals surface area contributed by atoms with Crippen LogP contribution in [0, 0.1) is 5.41 Å². The van der Waals surface area contributed by atoms with Gasteiger partial charge < -0.3 is 5.41 Å². The highest BCUT2D eigenvalue weighted by molar-refractivity contribution is 5.98. The van der Waals surface area contributed by atoms with Crippen LogP contribution in [0.1, 0.15) is 90.6 Å². The Bertz CT molecular complexity index is 317. The van der Waals surface area contributed by atoms with E-state index in [1.807, 2.05) is 13.8 Å². The highest BCUT2D eigenvalue weighted by Gasteiger charge is 1.98. The molecule has 0 aliphatic carbocycles. The predicted octanol–water partition coefficient (Wildman–Crippen LogP) is 6.53. The summed E-state index contributed by atoms with van der Waals surface area (Å²) in [6.07, 6.45) is 3.89. The molecule has 21 heavy (non-hydrogen) atoms. The first-order chi connectivity index (χ1) is 9.94. The zero-order valence-corrected chi connectivity index (χ0v) is 15.3. The lowest BCUT2D eigenvalue weighted by molar-refractivity contribution is 0.101. The van der Waals surface area contributed by atoms with Crippen LogP contribution >= 0.6 is 0 Å². The predicted molar refractivity (Wildman–Crippen MR) is 96.8 cm³/mol. The molecule has 0 amide bonds. The van der Waals surface area contributed by atoms with Crippen molar-refractivity contribution in [3.63, 3.8) is 0 Å². The molecule has 0 fully saturated rings. The van der Waals surface area contributed by atoms with Crippen LogP contribution in [0.25, 0.3) is 0 Å². The van der Waals surface area contributed by atoms with Crippen molar-refractivity contribution in [3.8, 4) is 0 Å². The van der Waals surface area contributed by atoms with Gasteiger partial charge in [-0.05, 0) is 19.4 Å². The first-order valence-electron chi connectivity index (χ1n) is 8.10. The Morgan fingerprint density at radius 1 is 0.857 bits per heavy atom. The maximum Gasteiger partial charge on any atom is 0.159 e. The number of Topliss-reactive ketones (excluding diaryl/α,β-unsaturated/α-hetero) is 1. The number of nitrogens with one attached hydrogen (secondary N) is 1. The van der Waals surface area contributed by atoms with Gasteiger partial charge in [-0.1, -0.05) is 85.1 Å². The van der Waals surface area contributed by atoms with Crippen LogP contribution < -0.4 is 0 Å². The van der Waals surface area contributed by atoms with E-state index in [0.717, 1.165) is 5.56 Å². The summed E-state index contributed by atoms with van der Waals surface area (Å²) in [6, 6.07) is 7.07. The molecule has 122 valence electrons. The molecule has 0 heterocycles. The number of hydrogen-bond donors (Lipinski definition) is 1. The van der Waals surface area contributed by atoms with Crippen molar-refractivity contribution in [3.05, 3.63) is 35.4 Å². The molecule has 0 aliphatic heterocycles. The monoisotopic (exact) mass is 293 g/mol. The van der Waals surface area contributed by atoms with Gasteiger partial charge in [0.25, 0.3) is 0 Å². The van der Waals surface area contributed by atoms with Gasteiger partial charge in [-0.2, -0.15) is 0 Å². The summed E-state index contributed by atoms with van der Waals surface area (Å²) < 4.78 is 0. The summed E-state index contributed by atoms with van der Waals surface area (Å²) in [5.74, 6) is 0.0594. The molecule has 0 spiro atoms. The Balaban J connectivity index is -0.000000301. The van der Waals surface area contributed by atoms with Gasteiger partial charge in [0.2, 0.25) is 0 Å². The molecule has 0 unspecified atom stereocenters. The van der Waals surface area contributed by atoms with Crippen LogP contribution in [0.5, 0.6) is 0 Å². The van der Waals surface area contributed by atoms with Crippen LogP contribution in [0.2, 0.25) is 0 Å². The van der Waals surface area contributed by atoms with Gasteiger partial charge in [-0.25, -0.2) is 0 Å². The zero-order valence-electron chi connectivity index (χ0n) is 15.3. The molecule has 0 saturated carbocycles. The number of hydrogen-bond acceptors (Lipinski definition) is 2. The van der Waals surface area contributed by atoms with E-state index in [9.17, 15) is 4.79 Å². The Hall–Kier alpha value is -1.44. The summed E-state index contributed by atoms with van der Waals surface area (Å²) in [7, 11) is 0. The zero-order chi connectivity index (χ0) is 17.3. The van der Waals surface area contributed by atoms with E-state index >= 15 is 0 Å². The lowest BCUT2D eigenvalue weighted by atomic mass is 10.1. The lowest BCUT2D eigenvalue weighted by Gasteiger charge is -1.98.